The molecule has 1 saturated heterocycles. The van der Waals surface area contributed by atoms with E-state index in [1.807, 2.05) is 30.1 Å². The van der Waals surface area contributed by atoms with E-state index >= 15 is 0 Å². The first-order chi connectivity index (χ1) is 11.3. The molecule has 0 spiro atoms. The average molecular weight is 314 g/mol. The number of piperazine rings is 1. The number of rotatable bonds is 4. The maximum absolute atomic E-state index is 5.38. The molecule has 0 radical (unpaired) electrons. The Morgan fingerprint density at radius 3 is 3.17 bits per heavy atom. The molecular weight excluding hydrogens is 296 g/mol. The van der Waals surface area contributed by atoms with Crippen molar-refractivity contribution < 1.29 is 8.94 Å². The van der Waals surface area contributed by atoms with Crippen molar-refractivity contribution in [2.75, 3.05) is 19.6 Å². The predicted molar refractivity (Wildman–Crippen MR) is 81.2 cm³/mol. The van der Waals surface area contributed by atoms with Crippen LogP contribution >= 0.6 is 0 Å². The highest BCUT2D eigenvalue weighted by Crippen LogP contribution is 2.23. The molecule has 0 aliphatic carbocycles. The molecule has 4 heterocycles. The van der Waals surface area contributed by atoms with Gasteiger partial charge in [-0.1, -0.05) is 5.16 Å². The van der Waals surface area contributed by atoms with E-state index in [0.717, 1.165) is 25.5 Å². The van der Waals surface area contributed by atoms with E-state index in [1.165, 1.54) is 0 Å². The van der Waals surface area contributed by atoms with E-state index in [2.05, 4.69) is 25.3 Å². The second-order valence-corrected chi connectivity index (χ2v) is 5.58. The van der Waals surface area contributed by atoms with Crippen LogP contribution in [0.3, 0.4) is 0 Å². The summed E-state index contributed by atoms with van der Waals surface area (Å²) in [7, 11) is 2.01. The van der Waals surface area contributed by atoms with E-state index in [9.17, 15) is 0 Å². The maximum atomic E-state index is 5.38. The summed E-state index contributed by atoms with van der Waals surface area (Å²) in [4.78, 5) is 11.2. The zero-order chi connectivity index (χ0) is 15.6. The third-order valence-corrected chi connectivity index (χ3v) is 4.06. The zero-order valence-corrected chi connectivity index (χ0v) is 12.8. The summed E-state index contributed by atoms with van der Waals surface area (Å²) in [5, 5.41) is 7.40. The molecule has 4 rings (SSSR count). The topological polar surface area (TPSA) is 85.2 Å². The van der Waals surface area contributed by atoms with E-state index in [-0.39, 0.29) is 6.04 Å². The van der Waals surface area contributed by atoms with Crippen molar-refractivity contribution in [3.63, 3.8) is 0 Å². The molecule has 1 aliphatic heterocycles. The third-order valence-electron chi connectivity index (χ3n) is 4.06. The van der Waals surface area contributed by atoms with Crippen molar-refractivity contribution >= 4 is 0 Å². The molecule has 8 nitrogen and oxygen atoms in total. The number of imidazole rings is 1. The lowest BCUT2D eigenvalue weighted by molar-refractivity contribution is 0.128. The number of furan rings is 1. The average Bonchev–Trinajstić information content (AvgIpc) is 3.29. The minimum absolute atomic E-state index is 0.183. The molecule has 1 unspecified atom stereocenters. The molecule has 1 fully saturated rings. The Morgan fingerprint density at radius 1 is 1.43 bits per heavy atom. The van der Waals surface area contributed by atoms with Crippen molar-refractivity contribution in [3.8, 4) is 11.6 Å². The molecule has 8 heteroatoms. The van der Waals surface area contributed by atoms with Crippen molar-refractivity contribution in [1.29, 1.82) is 0 Å². The Labute approximate surface area is 133 Å². The Balaban J connectivity index is 1.53. The van der Waals surface area contributed by atoms with Crippen molar-refractivity contribution in [1.82, 2.24) is 29.9 Å². The number of aryl methyl sites for hydroxylation is 1. The van der Waals surface area contributed by atoms with Gasteiger partial charge in [0.05, 0.1) is 18.8 Å². The highest BCUT2D eigenvalue weighted by Gasteiger charge is 2.28. The molecule has 1 aliphatic rings. The van der Waals surface area contributed by atoms with Crippen molar-refractivity contribution in [2.45, 2.75) is 12.6 Å². The van der Waals surface area contributed by atoms with Crippen LogP contribution in [-0.4, -0.2) is 44.2 Å². The monoisotopic (exact) mass is 314 g/mol. The van der Waals surface area contributed by atoms with E-state index < -0.39 is 0 Å². The lowest BCUT2D eigenvalue weighted by atomic mass is 10.1. The van der Waals surface area contributed by atoms with Crippen LogP contribution in [0.15, 0.2) is 39.7 Å². The number of nitrogens with zero attached hydrogens (tertiary/aromatic N) is 5. The molecule has 3 aromatic heterocycles. The first-order valence-corrected chi connectivity index (χ1v) is 7.60. The lowest BCUT2D eigenvalue weighted by Crippen LogP contribution is -2.46. The van der Waals surface area contributed by atoms with Crippen LogP contribution in [0.2, 0.25) is 0 Å². The van der Waals surface area contributed by atoms with Crippen LogP contribution in [0.4, 0.5) is 0 Å². The molecular formula is C15H18N6O2. The fraction of sp³-hybridized carbons (Fsp3) is 0.400. The molecule has 0 saturated carbocycles. The molecule has 0 bridgehead atoms. The van der Waals surface area contributed by atoms with Crippen LogP contribution in [0.1, 0.15) is 17.8 Å². The SMILES string of the molecule is Cn1ccnc1C1CNCCN1Cc1nc(-c2ccco2)no1. The fourth-order valence-corrected chi connectivity index (χ4v) is 2.89. The van der Waals surface area contributed by atoms with E-state index in [1.54, 1.807) is 12.3 Å². The minimum Gasteiger partial charge on any atom is -0.461 e. The fourth-order valence-electron chi connectivity index (χ4n) is 2.89. The van der Waals surface area contributed by atoms with Gasteiger partial charge in [-0.2, -0.15) is 4.98 Å². The largest absolute Gasteiger partial charge is 0.461 e. The normalized spacial score (nSPS) is 19.3. The zero-order valence-electron chi connectivity index (χ0n) is 12.8. The van der Waals surface area contributed by atoms with Gasteiger partial charge in [-0.3, -0.25) is 4.90 Å². The van der Waals surface area contributed by atoms with Gasteiger partial charge in [-0.25, -0.2) is 4.98 Å². The highest BCUT2D eigenvalue weighted by atomic mass is 16.5. The Kier molecular flexibility index (Phi) is 3.68. The molecule has 0 aromatic carbocycles. The van der Waals surface area contributed by atoms with Gasteiger partial charge >= 0.3 is 0 Å². The Bertz CT molecular complexity index is 763. The smallest absolute Gasteiger partial charge is 0.241 e. The minimum atomic E-state index is 0.183. The number of nitrogens with one attached hydrogen (secondary N) is 1. The number of hydrogen-bond acceptors (Lipinski definition) is 7. The summed E-state index contributed by atoms with van der Waals surface area (Å²) in [5.41, 5.74) is 0. The molecule has 120 valence electrons. The van der Waals surface area contributed by atoms with Crippen LogP contribution in [0, 0.1) is 0 Å². The van der Waals surface area contributed by atoms with Crippen LogP contribution < -0.4 is 5.32 Å². The molecule has 0 amide bonds. The molecule has 1 N–H and O–H groups in total. The summed E-state index contributed by atoms with van der Waals surface area (Å²) >= 11 is 0. The van der Waals surface area contributed by atoms with Gasteiger partial charge < -0.3 is 18.8 Å². The second kappa shape index (κ2) is 5.98. The molecule has 1 atom stereocenters. The third kappa shape index (κ3) is 2.78. The summed E-state index contributed by atoms with van der Waals surface area (Å²) in [6, 6.07) is 3.80. The Hall–Kier alpha value is -2.45. The van der Waals surface area contributed by atoms with E-state index in [0.29, 0.717) is 24.0 Å². The quantitative estimate of drug-likeness (QED) is 0.774. The van der Waals surface area contributed by atoms with Gasteiger partial charge in [0.2, 0.25) is 11.7 Å². The van der Waals surface area contributed by atoms with Gasteiger partial charge in [0.15, 0.2) is 5.76 Å². The first kappa shape index (κ1) is 14.2. The lowest BCUT2D eigenvalue weighted by Gasteiger charge is -2.34. The predicted octanol–water partition coefficient (Wildman–Crippen LogP) is 1.21. The standard InChI is InChI=1S/C15H18N6O2/c1-20-6-5-17-15(20)11-9-16-4-7-21(11)10-13-18-14(19-23-13)12-3-2-8-22-12/h2-3,5-6,8,11,16H,4,7,9-10H2,1H3. The number of hydrogen-bond donors (Lipinski definition) is 1. The van der Waals surface area contributed by atoms with E-state index in [4.69, 9.17) is 8.94 Å². The number of aromatic nitrogens is 4. The Morgan fingerprint density at radius 2 is 2.39 bits per heavy atom. The summed E-state index contributed by atoms with van der Waals surface area (Å²) in [5.74, 6) is 2.70. The summed E-state index contributed by atoms with van der Waals surface area (Å²) in [6.07, 6.45) is 5.38. The van der Waals surface area contributed by atoms with Crippen LogP contribution in [0.5, 0.6) is 0 Å². The molecule has 3 aromatic rings. The van der Waals surface area contributed by atoms with Gasteiger partial charge in [0.25, 0.3) is 0 Å². The summed E-state index contributed by atoms with van der Waals surface area (Å²) in [6.45, 7) is 3.27. The van der Waals surface area contributed by atoms with Crippen LogP contribution in [0.25, 0.3) is 11.6 Å². The first-order valence-electron chi connectivity index (χ1n) is 7.60. The van der Waals surface area contributed by atoms with Crippen molar-refractivity contribution in [3.05, 3.63) is 42.5 Å². The van der Waals surface area contributed by atoms with Gasteiger partial charge in [-0.15, -0.1) is 0 Å². The summed E-state index contributed by atoms with van der Waals surface area (Å²) < 4.78 is 12.7. The van der Waals surface area contributed by atoms with Gasteiger partial charge in [0.1, 0.15) is 5.82 Å². The maximum Gasteiger partial charge on any atom is 0.241 e. The van der Waals surface area contributed by atoms with Gasteiger partial charge in [0, 0.05) is 39.1 Å². The van der Waals surface area contributed by atoms with Crippen LogP contribution in [-0.2, 0) is 13.6 Å². The molecule has 23 heavy (non-hydrogen) atoms. The van der Waals surface area contributed by atoms with Gasteiger partial charge in [-0.05, 0) is 12.1 Å². The second-order valence-electron chi connectivity index (χ2n) is 5.58. The highest BCUT2D eigenvalue weighted by molar-refractivity contribution is 5.44. The van der Waals surface area contributed by atoms with Crippen molar-refractivity contribution in [2.24, 2.45) is 7.05 Å².